The molecule has 6 heteroatoms. The fourth-order valence-electron chi connectivity index (χ4n) is 1.75. The summed E-state index contributed by atoms with van der Waals surface area (Å²) < 4.78 is 1.84. The summed E-state index contributed by atoms with van der Waals surface area (Å²) in [5.41, 5.74) is 0.720. The van der Waals surface area contributed by atoms with Gasteiger partial charge in [-0.2, -0.15) is 5.10 Å². The molecule has 21 heavy (non-hydrogen) atoms. The number of thiophene rings is 1. The van der Waals surface area contributed by atoms with Crippen molar-refractivity contribution in [1.82, 2.24) is 15.1 Å². The molecule has 0 bridgehead atoms. The number of hydrogen-bond acceptors (Lipinski definition) is 4. The van der Waals surface area contributed by atoms with E-state index in [0.717, 1.165) is 18.5 Å². The molecule has 110 valence electrons. The monoisotopic (exact) mass is 303 g/mol. The van der Waals surface area contributed by atoms with Crippen molar-refractivity contribution in [3.8, 4) is 11.8 Å². The first-order chi connectivity index (χ1) is 10.3. The van der Waals surface area contributed by atoms with Gasteiger partial charge in [0.1, 0.15) is 4.88 Å². The third-order valence-electron chi connectivity index (χ3n) is 2.74. The van der Waals surface area contributed by atoms with Crippen LogP contribution in [0.4, 0.5) is 0 Å². The zero-order valence-electron chi connectivity index (χ0n) is 11.6. The normalized spacial score (nSPS) is 9.95. The molecular formula is C15H17N3O2S. The van der Waals surface area contributed by atoms with Crippen LogP contribution in [0.2, 0.25) is 0 Å². The van der Waals surface area contributed by atoms with E-state index in [4.69, 9.17) is 5.11 Å². The molecule has 0 saturated carbocycles. The number of rotatable bonds is 6. The van der Waals surface area contributed by atoms with Gasteiger partial charge < -0.3 is 10.4 Å². The van der Waals surface area contributed by atoms with Crippen LogP contribution in [0, 0.1) is 11.8 Å². The average molecular weight is 303 g/mol. The molecule has 0 aliphatic carbocycles. The van der Waals surface area contributed by atoms with Gasteiger partial charge >= 0.3 is 0 Å². The van der Waals surface area contributed by atoms with E-state index < -0.39 is 0 Å². The van der Waals surface area contributed by atoms with Gasteiger partial charge in [0.15, 0.2) is 0 Å². The van der Waals surface area contributed by atoms with Crippen LogP contribution in [-0.2, 0) is 6.54 Å². The molecule has 2 N–H and O–H groups in total. The van der Waals surface area contributed by atoms with Crippen LogP contribution >= 0.6 is 11.3 Å². The Balaban J connectivity index is 1.81. The highest BCUT2D eigenvalue weighted by atomic mass is 32.1. The molecule has 0 atom stereocenters. The Bertz CT molecular complexity index is 623. The molecule has 2 aromatic heterocycles. The van der Waals surface area contributed by atoms with Crippen molar-refractivity contribution >= 4 is 17.2 Å². The number of nitrogens with one attached hydrogen (secondary N) is 1. The number of aryl methyl sites for hydroxylation is 1. The lowest BCUT2D eigenvalue weighted by atomic mass is 10.2. The van der Waals surface area contributed by atoms with E-state index in [1.807, 2.05) is 28.4 Å². The molecule has 5 nitrogen and oxygen atoms in total. The molecule has 2 aromatic rings. The molecular weight excluding hydrogens is 286 g/mol. The maximum Gasteiger partial charge on any atom is 0.262 e. The second-order valence-electron chi connectivity index (χ2n) is 4.32. The van der Waals surface area contributed by atoms with Gasteiger partial charge in [0.25, 0.3) is 5.91 Å². The quantitative estimate of drug-likeness (QED) is 0.628. The van der Waals surface area contributed by atoms with E-state index >= 15 is 0 Å². The molecule has 0 aromatic carbocycles. The van der Waals surface area contributed by atoms with Crippen LogP contribution in [0.5, 0.6) is 0 Å². The third kappa shape index (κ3) is 4.74. The highest BCUT2D eigenvalue weighted by molar-refractivity contribution is 7.12. The van der Waals surface area contributed by atoms with Gasteiger partial charge in [0.05, 0.1) is 6.61 Å². The Kier molecular flexibility index (Phi) is 6.00. The molecule has 0 unspecified atom stereocenters. The van der Waals surface area contributed by atoms with Gasteiger partial charge in [0.2, 0.25) is 0 Å². The minimum atomic E-state index is -0.0984. The highest BCUT2D eigenvalue weighted by Crippen LogP contribution is 2.15. The smallest absolute Gasteiger partial charge is 0.262 e. The van der Waals surface area contributed by atoms with E-state index in [1.165, 1.54) is 11.3 Å². The topological polar surface area (TPSA) is 67.2 Å². The number of aliphatic hydroxyl groups is 1. The van der Waals surface area contributed by atoms with E-state index in [-0.39, 0.29) is 12.5 Å². The van der Waals surface area contributed by atoms with Crippen molar-refractivity contribution in [3.05, 3.63) is 40.3 Å². The summed E-state index contributed by atoms with van der Waals surface area (Å²) in [6.07, 6.45) is 4.88. The minimum Gasteiger partial charge on any atom is -0.395 e. The molecule has 2 heterocycles. The lowest BCUT2D eigenvalue weighted by molar-refractivity contribution is 0.0956. The van der Waals surface area contributed by atoms with Crippen molar-refractivity contribution in [3.63, 3.8) is 0 Å². The summed E-state index contributed by atoms with van der Waals surface area (Å²) in [6.45, 7) is 1.41. The van der Waals surface area contributed by atoms with Crippen LogP contribution in [0.15, 0.2) is 29.9 Å². The lowest BCUT2D eigenvalue weighted by Crippen LogP contribution is -2.25. The molecule has 0 aliphatic rings. The number of aliphatic hydroxyl groups excluding tert-OH is 1. The number of amides is 1. The third-order valence-corrected chi connectivity index (χ3v) is 3.65. The summed E-state index contributed by atoms with van der Waals surface area (Å²) in [6, 6.07) is 3.70. The van der Waals surface area contributed by atoms with Crippen molar-refractivity contribution in [2.24, 2.45) is 0 Å². The highest BCUT2D eigenvalue weighted by Gasteiger charge is 2.11. The Labute approximate surface area is 127 Å². The number of carbonyl (C=O) groups excluding carboxylic acids is 1. The van der Waals surface area contributed by atoms with Crippen LogP contribution in [0.25, 0.3) is 0 Å². The molecule has 1 amide bonds. The van der Waals surface area contributed by atoms with E-state index in [9.17, 15) is 4.79 Å². The predicted molar refractivity (Wildman–Crippen MR) is 82.1 cm³/mol. The zero-order valence-corrected chi connectivity index (χ0v) is 12.4. The number of hydrogen-bond donors (Lipinski definition) is 2. The molecule has 0 saturated heterocycles. The number of carbonyl (C=O) groups is 1. The average Bonchev–Trinajstić information content (AvgIpc) is 3.15. The summed E-state index contributed by atoms with van der Waals surface area (Å²) >= 11 is 1.38. The van der Waals surface area contributed by atoms with Crippen LogP contribution in [0.3, 0.4) is 0 Å². The van der Waals surface area contributed by atoms with E-state index in [0.29, 0.717) is 17.8 Å². The van der Waals surface area contributed by atoms with Gasteiger partial charge in [-0.15, -0.1) is 11.3 Å². The Morgan fingerprint density at radius 1 is 1.52 bits per heavy atom. The second kappa shape index (κ2) is 8.25. The van der Waals surface area contributed by atoms with Crippen LogP contribution in [-0.4, -0.2) is 33.9 Å². The predicted octanol–water partition coefficient (Wildman–Crippen LogP) is 1.50. The van der Waals surface area contributed by atoms with E-state index in [2.05, 4.69) is 22.3 Å². The summed E-state index contributed by atoms with van der Waals surface area (Å²) in [5, 5.41) is 17.6. The molecule has 0 radical (unpaired) electrons. The minimum absolute atomic E-state index is 0.0338. The Morgan fingerprint density at radius 2 is 2.43 bits per heavy atom. The SMILES string of the molecule is O=C(NCCCn1cccn1)c1sccc1C#CCCO. The van der Waals surface area contributed by atoms with Gasteiger partial charge in [-0.3, -0.25) is 9.48 Å². The molecule has 0 aliphatic heterocycles. The number of aromatic nitrogens is 2. The molecule has 0 fully saturated rings. The molecule has 0 spiro atoms. The number of nitrogens with zero attached hydrogens (tertiary/aromatic N) is 2. The largest absolute Gasteiger partial charge is 0.395 e. The first kappa shape index (κ1) is 15.3. The lowest BCUT2D eigenvalue weighted by Gasteiger charge is -2.04. The van der Waals surface area contributed by atoms with Crippen molar-refractivity contribution < 1.29 is 9.90 Å². The first-order valence-corrected chi connectivity index (χ1v) is 7.62. The van der Waals surface area contributed by atoms with Gasteiger partial charge in [-0.1, -0.05) is 11.8 Å². The van der Waals surface area contributed by atoms with Gasteiger partial charge in [-0.05, 0) is 23.9 Å². The standard InChI is InChI=1S/C15H17N3O2S/c19-11-2-1-5-13-6-12-21-14(13)15(20)16-7-3-9-18-10-4-8-17-18/h4,6,8,10,12,19H,2-3,7,9,11H2,(H,16,20). The maximum atomic E-state index is 12.1. The van der Waals surface area contributed by atoms with Crippen molar-refractivity contribution in [2.45, 2.75) is 19.4 Å². The van der Waals surface area contributed by atoms with Gasteiger partial charge in [0, 0.05) is 37.5 Å². The van der Waals surface area contributed by atoms with E-state index in [1.54, 1.807) is 6.20 Å². The summed E-state index contributed by atoms with van der Waals surface area (Å²) in [7, 11) is 0. The van der Waals surface area contributed by atoms with Crippen molar-refractivity contribution in [1.29, 1.82) is 0 Å². The fraction of sp³-hybridized carbons (Fsp3) is 0.333. The first-order valence-electron chi connectivity index (χ1n) is 6.74. The second-order valence-corrected chi connectivity index (χ2v) is 5.23. The maximum absolute atomic E-state index is 12.1. The van der Waals surface area contributed by atoms with Crippen LogP contribution in [0.1, 0.15) is 28.1 Å². The Morgan fingerprint density at radius 3 is 3.19 bits per heavy atom. The Hall–Kier alpha value is -2.10. The van der Waals surface area contributed by atoms with Crippen molar-refractivity contribution in [2.75, 3.05) is 13.2 Å². The summed E-state index contributed by atoms with van der Waals surface area (Å²) in [4.78, 5) is 12.7. The zero-order chi connectivity index (χ0) is 14.9. The summed E-state index contributed by atoms with van der Waals surface area (Å²) in [5.74, 6) is 5.65. The van der Waals surface area contributed by atoms with Gasteiger partial charge in [-0.25, -0.2) is 0 Å². The fourth-order valence-corrected chi connectivity index (χ4v) is 2.52. The molecule has 2 rings (SSSR count). The van der Waals surface area contributed by atoms with Crippen LogP contribution < -0.4 is 5.32 Å².